The fraction of sp³-hybridized carbons (Fsp3) is 0.625. The molecule has 1 aromatic rings. The maximum atomic E-state index is 12.2. The number of aromatic amines is 1. The number of esters is 2. The van der Waals surface area contributed by atoms with Crippen LogP contribution in [-0.2, 0) is 30.3 Å². The molecule has 2 atom stereocenters. The van der Waals surface area contributed by atoms with Crippen LogP contribution in [0.3, 0.4) is 0 Å². The summed E-state index contributed by atoms with van der Waals surface area (Å²) in [4.78, 5) is 50.9. The number of nitrogens with zero attached hydrogens (tertiary/aromatic N) is 2. The summed E-state index contributed by atoms with van der Waals surface area (Å²) in [5.41, 5.74) is -0.635. The Bertz CT molecular complexity index is 761. The monoisotopic (exact) mass is 383 g/mol. The standard InChI is InChI=1S/C16H26BN3O7/c1-10-9-19(16(24)18-13(10)21)5-6-26-14(22)11(2)20(17)12(3)15(23)27-8-7-25-4/h9,11-12H,5-8,17H2,1-4H3,(H,18,21,24). The fourth-order valence-corrected chi connectivity index (χ4v) is 2.16. The number of aromatic nitrogens is 2. The highest BCUT2D eigenvalue weighted by Gasteiger charge is 2.28. The molecule has 0 aliphatic rings. The van der Waals surface area contributed by atoms with Gasteiger partial charge in [0.15, 0.2) is 7.98 Å². The molecular formula is C16H26BN3O7. The Balaban J connectivity index is 2.54. The van der Waals surface area contributed by atoms with Crippen molar-refractivity contribution in [2.24, 2.45) is 0 Å². The lowest BCUT2D eigenvalue weighted by atomic mass is 10.1. The summed E-state index contributed by atoms with van der Waals surface area (Å²) >= 11 is 0. The maximum absolute atomic E-state index is 12.2. The van der Waals surface area contributed by atoms with Crippen molar-refractivity contribution in [3.8, 4) is 0 Å². The van der Waals surface area contributed by atoms with Crippen molar-refractivity contribution in [1.29, 1.82) is 0 Å². The first kappa shape index (κ1) is 22.6. The molecule has 0 bridgehead atoms. The second-order valence-corrected chi connectivity index (χ2v) is 6.11. The highest BCUT2D eigenvalue weighted by atomic mass is 16.6. The lowest BCUT2D eigenvalue weighted by Crippen LogP contribution is -2.48. The third kappa shape index (κ3) is 6.68. The van der Waals surface area contributed by atoms with Crippen molar-refractivity contribution in [3.05, 3.63) is 32.6 Å². The van der Waals surface area contributed by atoms with Crippen LogP contribution < -0.4 is 11.2 Å². The smallest absolute Gasteiger partial charge is 0.328 e. The van der Waals surface area contributed by atoms with E-state index in [4.69, 9.17) is 14.2 Å². The number of hydrogen-bond donors (Lipinski definition) is 1. The van der Waals surface area contributed by atoms with E-state index in [-0.39, 0.29) is 19.8 Å². The highest BCUT2D eigenvalue weighted by molar-refractivity contribution is 6.08. The van der Waals surface area contributed by atoms with E-state index >= 15 is 0 Å². The first-order valence-corrected chi connectivity index (χ1v) is 8.53. The Hall–Kier alpha value is -2.40. The fourth-order valence-electron chi connectivity index (χ4n) is 2.16. The van der Waals surface area contributed by atoms with Crippen LogP contribution in [0.15, 0.2) is 15.8 Å². The normalized spacial score (nSPS) is 13.2. The molecule has 0 spiro atoms. The van der Waals surface area contributed by atoms with Gasteiger partial charge in [-0.25, -0.2) is 4.79 Å². The molecule has 150 valence electrons. The number of nitrogens with one attached hydrogen (secondary N) is 1. The van der Waals surface area contributed by atoms with Gasteiger partial charge in [-0.2, -0.15) is 0 Å². The summed E-state index contributed by atoms with van der Waals surface area (Å²) in [6.45, 7) is 5.30. The van der Waals surface area contributed by atoms with Gasteiger partial charge in [0.05, 0.1) is 25.2 Å². The lowest BCUT2D eigenvalue weighted by molar-refractivity contribution is -0.153. The molecule has 10 nitrogen and oxygen atoms in total. The molecule has 0 saturated carbocycles. The third-order valence-corrected chi connectivity index (χ3v) is 4.20. The molecule has 1 heterocycles. The summed E-state index contributed by atoms with van der Waals surface area (Å²) < 4.78 is 16.3. The zero-order valence-electron chi connectivity index (χ0n) is 16.3. The van der Waals surface area contributed by atoms with Crippen LogP contribution in [0.5, 0.6) is 0 Å². The van der Waals surface area contributed by atoms with E-state index in [0.29, 0.717) is 12.2 Å². The second kappa shape index (κ2) is 10.7. The van der Waals surface area contributed by atoms with Crippen LogP contribution in [0.25, 0.3) is 0 Å². The van der Waals surface area contributed by atoms with Crippen LogP contribution in [0.4, 0.5) is 0 Å². The van der Waals surface area contributed by atoms with Crippen molar-refractivity contribution >= 4 is 19.9 Å². The molecule has 1 rings (SSSR count). The Morgan fingerprint density at radius 3 is 2.26 bits per heavy atom. The maximum Gasteiger partial charge on any atom is 0.328 e. The molecule has 11 heteroatoms. The molecular weight excluding hydrogens is 357 g/mol. The molecule has 2 unspecified atom stereocenters. The lowest BCUT2D eigenvalue weighted by Gasteiger charge is -2.28. The predicted octanol–water partition coefficient (Wildman–Crippen LogP) is -1.80. The first-order chi connectivity index (χ1) is 12.7. The van der Waals surface area contributed by atoms with Crippen LogP contribution in [0.2, 0.25) is 0 Å². The van der Waals surface area contributed by atoms with Gasteiger partial charge >= 0.3 is 17.6 Å². The molecule has 0 saturated heterocycles. The van der Waals surface area contributed by atoms with Gasteiger partial charge in [0.2, 0.25) is 0 Å². The number of aryl methyl sites for hydroxylation is 1. The van der Waals surface area contributed by atoms with Gasteiger partial charge in [0.1, 0.15) is 13.2 Å². The number of carbonyl (C=O) groups excluding carboxylic acids is 2. The first-order valence-electron chi connectivity index (χ1n) is 8.53. The molecule has 1 aromatic heterocycles. The van der Waals surface area contributed by atoms with E-state index in [2.05, 4.69) is 4.98 Å². The topological polar surface area (TPSA) is 120 Å². The molecule has 27 heavy (non-hydrogen) atoms. The molecule has 0 aliphatic carbocycles. The Morgan fingerprint density at radius 1 is 1.15 bits per heavy atom. The van der Waals surface area contributed by atoms with E-state index < -0.39 is 35.3 Å². The van der Waals surface area contributed by atoms with Crippen molar-refractivity contribution in [2.45, 2.75) is 39.4 Å². The Morgan fingerprint density at radius 2 is 1.70 bits per heavy atom. The van der Waals surface area contributed by atoms with E-state index in [1.54, 1.807) is 28.8 Å². The van der Waals surface area contributed by atoms with E-state index in [1.165, 1.54) is 22.7 Å². The van der Waals surface area contributed by atoms with E-state index in [1.807, 2.05) is 0 Å². The quantitative estimate of drug-likeness (QED) is 0.286. The number of carbonyl (C=O) groups is 2. The minimum Gasteiger partial charge on any atom is -0.463 e. The van der Waals surface area contributed by atoms with Gasteiger partial charge < -0.3 is 19.0 Å². The number of H-pyrrole nitrogens is 1. The van der Waals surface area contributed by atoms with Crippen LogP contribution in [0, 0.1) is 6.92 Å². The van der Waals surface area contributed by atoms with Crippen LogP contribution in [-0.4, -0.2) is 73.3 Å². The van der Waals surface area contributed by atoms with Crippen molar-refractivity contribution < 1.29 is 23.8 Å². The summed E-state index contributed by atoms with van der Waals surface area (Å²) in [5.74, 6) is -1.01. The molecule has 1 N–H and O–H groups in total. The summed E-state index contributed by atoms with van der Waals surface area (Å²) in [5, 5.41) is 0. The highest BCUT2D eigenvalue weighted by Crippen LogP contribution is 2.06. The Kier molecular flexibility index (Phi) is 8.96. The van der Waals surface area contributed by atoms with Crippen molar-refractivity contribution in [2.75, 3.05) is 26.9 Å². The molecule has 0 fully saturated rings. The van der Waals surface area contributed by atoms with Gasteiger partial charge in [0.25, 0.3) is 5.56 Å². The second-order valence-electron chi connectivity index (χ2n) is 6.11. The summed E-state index contributed by atoms with van der Waals surface area (Å²) in [7, 11) is 3.12. The predicted molar refractivity (Wildman–Crippen MR) is 99.2 cm³/mol. The largest absolute Gasteiger partial charge is 0.463 e. The van der Waals surface area contributed by atoms with Gasteiger partial charge in [-0.1, -0.05) is 0 Å². The van der Waals surface area contributed by atoms with Gasteiger partial charge in [-0.05, 0) is 20.8 Å². The SMILES string of the molecule is BN(C(C)C(=O)OCCOC)C(C)C(=O)OCCn1cc(C)c(=O)[nH]c1=O. The number of ether oxygens (including phenoxy) is 3. The molecule has 0 aliphatic heterocycles. The summed E-state index contributed by atoms with van der Waals surface area (Å²) in [6, 6.07) is -1.34. The molecule has 0 aromatic carbocycles. The van der Waals surface area contributed by atoms with Gasteiger partial charge in [-0.15, -0.1) is 0 Å². The van der Waals surface area contributed by atoms with E-state index in [9.17, 15) is 19.2 Å². The van der Waals surface area contributed by atoms with Crippen molar-refractivity contribution in [1.82, 2.24) is 14.4 Å². The van der Waals surface area contributed by atoms with Crippen molar-refractivity contribution in [3.63, 3.8) is 0 Å². The zero-order valence-corrected chi connectivity index (χ0v) is 16.3. The zero-order chi connectivity index (χ0) is 20.6. The molecule has 0 radical (unpaired) electrons. The average Bonchev–Trinajstić information content (AvgIpc) is 2.63. The van der Waals surface area contributed by atoms with Gasteiger partial charge in [0, 0.05) is 18.9 Å². The number of rotatable bonds is 10. The minimum atomic E-state index is -0.691. The Labute approximate surface area is 157 Å². The summed E-state index contributed by atoms with van der Waals surface area (Å²) in [6.07, 6.45) is 1.41. The number of hydrogen-bond acceptors (Lipinski definition) is 8. The van der Waals surface area contributed by atoms with Gasteiger partial charge in [-0.3, -0.25) is 23.9 Å². The average molecular weight is 383 g/mol. The van der Waals surface area contributed by atoms with E-state index in [0.717, 1.165) is 0 Å². The minimum absolute atomic E-state index is 0.0466. The molecule has 0 amide bonds. The third-order valence-electron chi connectivity index (χ3n) is 4.20. The van der Waals surface area contributed by atoms with Crippen LogP contribution >= 0.6 is 0 Å². The van der Waals surface area contributed by atoms with Crippen LogP contribution in [0.1, 0.15) is 19.4 Å². The number of methoxy groups -OCH3 is 1.